The van der Waals surface area contributed by atoms with Crippen molar-refractivity contribution in [3.05, 3.63) is 102 Å². The number of aryl methyl sites for hydroxylation is 1. The van der Waals surface area contributed by atoms with E-state index in [9.17, 15) is 61.8 Å². The van der Waals surface area contributed by atoms with Crippen molar-refractivity contribution in [3.63, 3.8) is 0 Å². The third-order valence-electron chi connectivity index (χ3n) is 9.45. The largest absolute Gasteiger partial charge is 1.00 e. The standard InChI is InChI=1S/C38H29N7O15S4.2K.2Na/c1-18-9-31(43-45-38-33(46)8-3-19-10-22(62(51,52)53)14-27(39)36(19)38)35(60-2)17-30(18)42-41-29-7-6-28(25-5-4-21(13-26(25)29)61(48,49)50)40-44-32-15-23(63(54,55)56)11-20-12-24(64(57,58)59)16-34(47)37(20)32;;;;/h3-17,43,47H,39H2,1-2H3,(H,48,49,50)(H,51,52,53)(H,54,55,56)(H,57,58,59);;;;/q;4*+1/p-4/b42-41?,44-40?,45-38+;;;;. The van der Waals surface area contributed by atoms with Crippen LogP contribution >= 0.6 is 0 Å². The summed E-state index contributed by atoms with van der Waals surface area (Å²) >= 11 is 0. The maximum absolute atomic E-state index is 12.9. The predicted molar refractivity (Wildman–Crippen MR) is 223 cm³/mol. The van der Waals surface area contributed by atoms with Gasteiger partial charge in [-0.1, -0.05) is 12.1 Å². The van der Waals surface area contributed by atoms with Gasteiger partial charge in [-0.05, 0) is 96.2 Å². The van der Waals surface area contributed by atoms with Crippen LogP contribution in [0.4, 0.5) is 34.1 Å². The number of methoxy groups -OCH3 is 1. The van der Waals surface area contributed by atoms with Gasteiger partial charge in [0.15, 0.2) is 0 Å². The third kappa shape index (κ3) is 13.4. The maximum atomic E-state index is 12.9. The van der Waals surface area contributed by atoms with Gasteiger partial charge in [-0.25, -0.2) is 33.7 Å². The number of fused-ring (bicyclic) bond motifs is 3. The maximum Gasteiger partial charge on any atom is 1.00 e. The summed E-state index contributed by atoms with van der Waals surface area (Å²) in [6.07, 6.45) is 2.41. The fraction of sp³-hybridized carbons (Fsp3) is 0.0526. The van der Waals surface area contributed by atoms with Gasteiger partial charge >= 0.3 is 162 Å². The molecule has 6 aromatic carbocycles. The van der Waals surface area contributed by atoms with Crippen molar-refractivity contribution in [2.45, 2.75) is 26.5 Å². The van der Waals surface area contributed by atoms with Crippen molar-refractivity contribution < 1.29 is 228 Å². The Morgan fingerprint density at radius 1 is 0.618 bits per heavy atom. The van der Waals surface area contributed by atoms with E-state index >= 15 is 0 Å². The number of ether oxygens (including phenoxy) is 1. The first kappa shape index (κ1) is 60.5. The molecule has 0 aliphatic heterocycles. The molecular weight excluding hydrogens is 1050 g/mol. The first-order valence-corrected chi connectivity index (χ1v) is 23.2. The van der Waals surface area contributed by atoms with Gasteiger partial charge < -0.3 is 33.8 Å². The van der Waals surface area contributed by atoms with Gasteiger partial charge in [0.25, 0.3) is 0 Å². The molecule has 0 heterocycles. The van der Waals surface area contributed by atoms with E-state index in [-0.39, 0.29) is 234 Å². The number of aromatic hydroxyl groups is 1. The number of anilines is 2. The van der Waals surface area contributed by atoms with Crippen LogP contribution in [0.2, 0.25) is 0 Å². The van der Waals surface area contributed by atoms with Gasteiger partial charge in [-0.15, -0.1) is 15.3 Å². The minimum atomic E-state index is -5.21. The molecule has 0 saturated heterocycles. The Morgan fingerprint density at radius 3 is 1.72 bits per heavy atom. The average Bonchev–Trinajstić information content (AvgIpc) is 3.20. The molecule has 0 spiro atoms. The van der Waals surface area contributed by atoms with E-state index in [4.69, 9.17) is 10.5 Å². The number of carbonyl (C=O) groups excluding carboxylic acids is 1. The summed E-state index contributed by atoms with van der Waals surface area (Å²) in [4.78, 5) is 9.76. The zero-order valence-corrected chi connectivity index (χ0v) is 49.8. The number of hydrogen-bond donors (Lipinski definition) is 3. The number of hydrogen-bond acceptors (Lipinski definition) is 22. The van der Waals surface area contributed by atoms with Gasteiger partial charge in [0.05, 0.1) is 60.5 Å². The average molecular weight is 1070 g/mol. The molecule has 4 N–H and O–H groups in total. The molecule has 0 amide bonds. The first-order chi connectivity index (χ1) is 29.8. The fourth-order valence-electron chi connectivity index (χ4n) is 6.47. The van der Waals surface area contributed by atoms with Gasteiger partial charge in [0.2, 0.25) is 5.78 Å². The summed E-state index contributed by atoms with van der Waals surface area (Å²) in [6.45, 7) is 1.62. The monoisotopic (exact) mass is 1070 g/mol. The fourth-order valence-corrected chi connectivity index (χ4v) is 8.56. The second kappa shape index (κ2) is 23.4. The van der Waals surface area contributed by atoms with E-state index in [0.717, 1.165) is 48.5 Å². The smallest absolute Gasteiger partial charge is 0.744 e. The SMILES string of the molecule is COc1cc(N=Nc2ccc(N=Nc3cc(S(=O)(=O)[O-])cc4cc(S(=O)(=O)[O-])cc(O)c34)c3ccc(S(=O)(=O)[O-])cc23)c(C)cc1N/N=C1\C(=O)C=Cc2cc(S(=O)(=O)[O-])cc(N)c21.[K+].[K+].[Na+].[Na+]. The second-order valence-corrected chi connectivity index (χ2v) is 19.1. The van der Waals surface area contributed by atoms with Gasteiger partial charge in [0, 0.05) is 28.1 Å². The van der Waals surface area contributed by atoms with Crippen molar-refractivity contribution in [3.8, 4) is 11.5 Å². The Kier molecular flexibility index (Phi) is 20.8. The van der Waals surface area contributed by atoms with Crippen molar-refractivity contribution in [2.24, 2.45) is 25.6 Å². The number of benzene rings is 6. The van der Waals surface area contributed by atoms with Crippen molar-refractivity contribution in [2.75, 3.05) is 18.3 Å². The third-order valence-corrected chi connectivity index (χ3v) is 12.7. The van der Waals surface area contributed by atoms with Gasteiger partial charge in [-0.3, -0.25) is 10.2 Å². The summed E-state index contributed by atoms with van der Waals surface area (Å²) in [7, 11) is -18.9. The van der Waals surface area contributed by atoms with Crippen LogP contribution < -0.4 is 178 Å². The van der Waals surface area contributed by atoms with Crippen molar-refractivity contribution >= 4 is 114 Å². The molecule has 68 heavy (non-hydrogen) atoms. The van der Waals surface area contributed by atoms with Gasteiger partial charge in [-0.2, -0.15) is 10.2 Å². The number of nitrogens with two attached hydrogens (primary N) is 1. The molecule has 0 unspecified atom stereocenters. The molecule has 0 fully saturated rings. The number of azo groups is 2. The Morgan fingerprint density at radius 2 is 1.15 bits per heavy atom. The number of hydrazone groups is 1. The van der Waals surface area contributed by atoms with Crippen molar-refractivity contribution in [1.82, 2.24) is 0 Å². The van der Waals surface area contributed by atoms with Gasteiger partial charge in [0.1, 0.15) is 57.7 Å². The van der Waals surface area contributed by atoms with Crippen LogP contribution in [0.5, 0.6) is 11.5 Å². The number of rotatable bonds is 11. The van der Waals surface area contributed by atoms with Crippen LogP contribution in [-0.2, 0) is 45.3 Å². The first-order valence-electron chi connectivity index (χ1n) is 17.6. The zero-order valence-electron chi connectivity index (χ0n) is 36.3. The molecule has 1 aliphatic rings. The normalized spacial score (nSPS) is 13.4. The van der Waals surface area contributed by atoms with E-state index in [1.807, 2.05) is 0 Å². The molecule has 30 heteroatoms. The summed E-state index contributed by atoms with van der Waals surface area (Å²) in [6, 6.07) is 13.6. The molecule has 7 rings (SSSR count). The summed E-state index contributed by atoms with van der Waals surface area (Å²) < 4.78 is 148. The number of ketones is 1. The molecule has 1 aliphatic carbocycles. The van der Waals surface area contributed by atoms with Crippen LogP contribution in [-0.4, -0.2) is 75.6 Å². The van der Waals surface area contributed by atoms with Crippen molar-refractivity contribution in [1.29, 1.82) is 0 Å². The Labute approximate surface area is 516 Å². The molecular formula is C38H25K2N7Na2O15S4. The zero-order chi connectivity index (χ0) is 46.7. The predicted octanol–water partition coefficient (Wildman–Crippen LogP) is -6.53. The van der Waals surface area contributed by atoms with E-state index in [1.165, 1.54) is 43.5 Å². The Bertz CT molecular complexity index is 3650. The minimum absolute atomic E-state index is 0. The van der Waals surface area contributed by atoms with E-state index in [0.29, 0.717) is 11.6 Å². The molecule has 0 radical (unpaired) electrons. The molecule has 0 aromatic heterocycles. The summed E-state index contributed by atoms with van der Waals surface area (Å²) in [5.74, 6) is -1.29. The quantitative estimate of drug-likeness (QED) is 0.0357. The topological polar surface area (TPSA) is 375 Å². The number of nitrogens with one attached hydrogen (secondary N) is 1. The Balaban J connectivity index is 0.00000306. The number of allylic oxidation sites excluding steroid dienone is 1. The van der Waals surface area contributed by atoms with E-state index in [2.05, 4.69) is 31.0 Å². The Hall–Kier alpha value is -1.77. The summed E-state index contributed by atoms with van der Waals surface area (Å²) in [5, 5.41) is 31.0. The number of nitrogens with zero attached hydrogens (tertiary/aromatic N) is 5. The van der Waals surface area contributed by atoms with Crippen LogP contribution in [0.3, 0.4) is 0 Å². The van der Waals surface area contributed by atoms with E-state index in [1.54, 1.807) is 6.92 Å². The molecule has 0 bridgehead atoms. The molecule has 6 aromatic rings. The molecule has 0 saturated carbocycles. The minimum Gasteiger partial charge on any atom is -0.744 e. The van der Waals surface area contributed by atoms with Crippen LogP contribution in [0.15, 0.2) is 130 Å². The molecule has 330 valence electrons. The molecule has 0 atom stereocenters. The number of nitrogen functional groups attached to an aromatic ring is 1. The molecule has 22 nitrogen and oxygen atoms in total. The number of phenolic OH excluding ortho intramolecular Hbond substituents is 1. The van der Waals surface area contributed by atoms with E-state index < -0.39 is 77.3 Å². The number of phenols is 1. The number of carbonyl (C=O) groups is 1. The second-order valence-electron chi connectivity index (χ2n) is 13.6. The van der Waals surface area contributed by atoms with Crippen LogP contribution in [0.25, 0.3) is 27.6 Å². The van der Waals surface area contributed by atoms with Crippen LogP contribution in [0, 0.1) is 6.92 Å². The summed E-state index contributed by atoms with van der Waals surface area (Å²) in [5.41, 5.74) is 8.97. The van der Waals surface area contributed by atoms with Crippen LogP contribution in [0.1, 0.15) is 16.7 Å².